The van der Waals surface area contributed by atoms with Crippen LogP contribution in [0.2, 0.25) is 0 Å². The molecule has 1 rings (SSSR count). The Kier molecular flexibility index (Phi) is 4.46. The first-order valence-electron chi connectivity index (χ1n) is 3.22. The van der Waals surface area contributed by atoms with E-state index in [2.05, 4.69) is 11.1 Å². The maximum Gasteiger partial charge on any atom is 0.0650 e. The lowest BCUT2D eigenvalue weighted by atomic mass is 10.2. The van der Waals surface area contributed by atoms with Gasteiger partial charge in [0.25, 0.3) is 0 Å². The first kappa shape index (κ1) is 10.7. The van der Waals surface area contributed by atoms with Crippen LogP contribution in [0.25, 0.3) is 0 Å². The van der Waals surface area contributed by atoms with Crippen molar-refractivity contribution in [3.8, 4) is 0 Å². The van der Waals surface area contributed by atoms with Crippen molar-refractivity contribution in [3.05, 3.63) is 29.1 Å². The highest BCUT2D eigenvalue weighted by atomic mass is 35.5. The third-order valence-electron chi connectivity index (χ3n) is 1.45. The minimum absolute atomic E-state index is 0. The molecule has 0 saturated heterocycles. The van der Waals surface area contributed by atoms with Crippen LogP contribution >= 0.6 is 24.0 Å². The second-order valence-corrected chi connectivity index (χ2v) is 2.68. The number of pyridine rings is 1. The highest BCUT2D eigenvalue weighted by Crippen LogP contribution is 2.08. The van der Waals surface area contributed by atoms with Gasteiger partial charge >= 0.3 is 0 Å². The molecule has 0 saturated carbocycles. The Labute approximate surface area is 78.2 Å². The summed E-state index contributed by atoms with van der Waals surface area (Å²) in [6.45, 7) is 4.05. The molecule has 0 bridgehead atoms. The molecule has 0 aliphatic rings. The van der Waals surface area contributed by atoms with Crippen molar-refractivity contribution in [1.82, 2.24) is 4.98 Å². The van der Waals surface area contributed by atoms with Crippen molar-refractivity contribution in [2.45, 2.75) is 19.7 Å². The maximum absolute atomic E-state index is 5.62. The molecule has 0 aliphatic carbocycles. The van der Waals surface area contributed by atoms with E-state index in [1.54, 1.807) is 0 Å². The Hall–Kier alpha value is -0.270. The summed E-state index contributed by atoms with van der Waals surface area (Å²) in [7, 11) is 0. The monoisotopic (exact) mass is 191 g/mol. The second kappa shape index (κ2) is 4.58. The predicted molar refractivity (Wildman–Crippen MR) is 50.5 cm³/mol. The average Bonchev–Trinajstić information content (AvgIpc) is 1.88. The lowest BCUT2D eigenvalue weighted by molar-refractivity contribution is 1.10. The van der Waals surface area contributed by atoms with Gasteiger partial charge in [0.2, 0.25) is 0 Å². The van der Waals surface area contributed by atoms with Crippen LogP contribution in [0.15, 0.2) is 12.3 Å². The molecule has 1 aromatic rings. The Morgan fingerprint density at radius 2 is 2.09 bits per heavy atom. The van der Waals surface area contributed by atoms with E-state index in [-0.39, 0.29) is 12.4 Å². The molecule has 0 radical (unpaired) electrons. The number of rotatable bonds is 1. The summed E-state index contributed by atoms with van der Waals surface area (Å²) in [4.78, 5) is 4.16. The highest BCUT2D eigenvalue weighted by Gasteiger charge is 1.96. The molecule has 1 nitrogen and oxygen atoms in total. The first-order chi connectivity index (χ1) is 4.74. The fourth-order valence-electron chi connectivity index (χ4n) is 0.884. The molecular formula is C8H11Cl2N. The number of hydrogen-bond acceptors (Lipinski definition) is 1. The van der Waals surface area contributed by atoms with E-state index in [0.717, 1.165) is 5.69 Å². The van der Waals surface area contributed by atoms with E-state index >= 15 is 0 Å². The maximum atomic E-state index is 5.62. The van der Waals surface area contributed by atoms with E-state index < -0.39 is 0 Å². The first-order valence-corrected chi connectivity index (χ1v) is 3.75. The molecule has 62 valence electrons. The van der Waals surface area contributed by atoms with Gasteiger partial charge in [-0.1, -0.05) is 6.07 Å². The van der Waals surface area contributed by atoms with Crippen molar-refractivity contribution in [2.24, 2.45) is 0 Å². The van der Waals surface area contributed by atoms with Gasteiger partial charge in [-0.25, -0.2) is 0 Å². The molecule has 0 amide bonds. The average molecular weight is 192 g/mol. The Morgan fingerprint density at radius 1 is 1.45 bits per heavy atom. The van der Waals surface area contributed by atoms with E-state index in [0.29, 0.717) is 5.88 Å². The van der Waals surface area contributed by atoms with E-state index in [9.17, 15) is 0 Å². The molecule has 0 aromatic carbocycles. The van der Waals surface area contributed by atoms with Gasteiger partial charge in [0.05, 0.1) is 11.6 Å². The van der Waals surface area contributed by atoms with Gasteiger partial charge in [0.1, 0.15) is 0 Å². The van der Waals surface area contributed by atoms with Crippen LogP contribution in [0.4, 0.5) is 0 Å². The van der Waals surface area contributed by atoms with Crippen molar-refractivity contribution < 1.29 is 0 Å². The zero-order valence-corrected chi connectivity index (χ0v) is 8.17. The highest BCUT2D eigenvalue weighted by molar-refractivity contribution is 6.16. The molecule has 0 atom stereocenters. The summed E-state index contributed by atoms with van der Waals surface area (Å²) in [5.74, 6) is 0.506. The fourth-order valence-corrected chi connectivity index (χ4v) is 1.16. The smallest absolute Gasteiger partial charge is 0.0650 e. The number of aryl methyl sites for hydroxylation is 2. The summed E-state index contributed by atoms with van der Waals surface area (Å²) in [6, 6.07) is 2.09. The normalized spacial score (nSPS) is 9.00. The van der Waals surface area contributed by atoms with E-state index in [4.69, 9.17) is 11.6 Å². The van der Waals surface area contributed by atoms with Gasteiger partial charge in [0.15, 0.2) is 0 Å². The molecule has 1 heterocycles. The van der Waals surface area contributed by atoms with Crippen molar-refractivity contribution in [3.63, 3.8) is 0 Å². The number of halogens is 2. The Bertz CT molecular complexity index is 236. The molecule has 0 fully saturated rings. The zero-order chi connectivity index (χ0) is 7.56. The second-order valence-electron chi connectivity index (χ2n) is 2.41. The largest absolute Gasteiger partial charge is 0.259 e. The van der Waals surface area contributed by atoms with Crippen LogP contribution in [0.1, 0.15) is 16.8 Å². The number of aromatic nitrogens is 1. The van der Waals surface area contributed by atoms with Gasteiger partial charge in [-0.05, 0) is 25.0 Å². The van der Waals surface area contributed by atoms with Gasteiger partial charge < -0.3 is 0 Å². The molecule has 3 heteroatoms. The van der Waals surface area contributed by atoms with Gasteiger partial charge in [-0.15, -0.1) is 24.0 Å². The van der Waals surface area contributed by atoms with Crippen molar-refractivity contribution in [2.75, 3.05) is 0 Å². The molecule has 0 spiro atoms. The standard InChI is InChI=1S/C8H10ClN.ClH/c1-6-3-7(2)8(4-9)10-5-6;/h3,5H,4H2,1-2H3;1H. The number of nitrogens with zero attached hydrogens (tertiary/aromatic N) is 1. The minimum Gasteiger partial charge on any atom is -0.259 e. The van der Waals surface area contributed by atoms with Crippen LogP contribution < -0.4 is 0 Å². The van der Waals surface area contributed by atoms with E-state index in [1.165, 1.54) is 11.1 Å². The van der Waals surface area contributed by atoms with Gasteiger partial charge in [0, 0.05) is 6.20 Å². The van der Waals surface area contributed by atoms with Crippen LogP contribution in [0, 0.1) is 13.8 Å². The number of alkyl halides is 1. The molecule has 0 aliphatic heterocycles. The summed E-state index contributed by atoms with van der Waals surface area (Å²) in [5, 5.41) is 0. The van der Waals surface area contributed by atoms with Gasteiger partial charge in [-0.3, -0.25) is 4.98 Å². The summed E-state index contributed by atoms with van der Waals surface area (Å²) in [5.41, 5.74) is 3.34. The Balaban J connectivity index is 0.000001000. The fraction of sp³-hybridized carbons (Fsp3) is 0.375. The molecule has 0 unspecified atom stereocenters. The minimum atomic E-state index is 0. The van der Waals surface area contributed by atoms with Crippen LogP contribution in [-0.4, -0.2) is 4.98 Å². The predicted octanol–water partition coefficient (Wildman–Crippen LogP) is 2.86. The van der Waals surface area contributed by atoms with Crippen LogP contribution in [-0.2, 0) is 5.88 Å². The van der Waals surface area contributed by atoms with E-state index in [1.807, 2.05) is 20.0 Å². The van der Waals surface area contributed by atoms with Crippen LogP contribution in [0.3, 0.4) is 0 Å². The summed E-state index contributed by atoms with van der Waals surface area (Å²) < 4.78 is 0. The number of hydrogen-bond donors (Lipinski definition) is 0. The lowest BCUT2D eigenvalue weighted by Crippen LogP contribution is -1.90. The zero-order valence-electron chi connectivity index (χ0n) is 6.60. The molecule has 1 aromatic heterocycles. The quantitative estimate of drug-likeness (QED) is 0.623. The molecule has 11 heavy (non-hydrogen) atoms. The molecular weight excluding hydrogens is 181 g/mol. The van der Waals surface area contributed by atoms with Gasteiger partial charge in [-0.2, -0.15) is 0 Å². The lowest BCUT2D eigenvalue weighted by Gasteiger charge is -1.99. The van der Waals surface area contributed by atoms with Crippen molar-refractivity contribution >= 4 is 24.0 Å². The van der Waals surface area contributed by atoms with Crippen LogP contribution in [0.5, 0.6) is 0 Å². The third kappa shape index (κ3) is 2.68. The Morgan fingerprint density at radius 3 is 2.55 bits per heavy atom. The summed E-state index contributed by atoms with van der Waals surface area (Å²) >= 11 is 5.62. The van der Waals surface area contributed by atoms with Crippen molar-refractivity contribution in [1.29, 1.82) is 0 Å². The topological polar surface area (TPSA) is 12.9 Å². The summed E-state index contributed by atoms with van der Waals surface area (Å²) in [6.07, 6.45) is 1.84. The SMILES string of the molecule is Cc1cnc(CCl)c(C)c1.Cl. The third-order valence-corrected chi connectivity index (χ3v) is 1.70. The molecule has 0 N–H and O–H groups in total.